The zero-order chi connectivity index (χ0) is 11.1. The van der Waals surface area contributed by atoms with Crippen LogP contribution in [-0.2, 0) is 0 Å². The topological polar surface area (TPSA) is 20.2 Å². The van der Waals surface area contributed by atoms with Gasteiger partial charge in [-0.3, -0.25) is 0 Å². The van der Waals surface area contributed by atoms with Crippen LogP contribution in [0.2, 0.25) is 0 Å². The molecule has 0 aromatic heterocycles. The molecule has 0 saturated carbocycles. The van der Waals surface area contributed by atoms with Crippen LogP contribution in [0, 0.1) is 0 Å². The van der Waals surface area contributed by atoms with Crippen molar-refractivity contribution < 1.29 is 69.4 Å². The molecule has 0 atom stereocenters. The zero-order valence-corrected chi connectivity index (χ0v) is 11.7. The van der Waals surface area contributed by atoms with Crippen LogP contribution in [0.3, 0.4) is 0 Å². The predicted octanol–water partition coefficient (Wildman–Crippen LogP) is -0.396. The quantitative estimate of drug-likeness (QED) is 0.683. The van der Waals surface area contributed by atoms with Crippen molar-refractivity contribution in [2.45, 2.75) is 0 Å². The van der Waals surface area contributed by atoms with Gasteiger partial charge in [0.25, 0.3) is 0 Å². The molecule has 2 rings (SSSR count). The first-order chi connectivity index (χ1) is 6.98. The summed E-state index contributed by atoms with van der Waals surface area (Å²) in [6.45, 7) is -5.01. The maximum Gasteiger partial charge on any atom is 1.00 e. The first-order valence-corrected chi connectivity index (χ1v) is 4.40. The molecule has 0 aliphatic heterocycles. The molecule has 0 saturated heterocycles. The average molecular weight is 250 g/mol. The Morgan fingerprint density at radius 1 is 1.00 bits per heavy atom. The van der Waals surface area contributed by atoms with Gasteiger partial charge in [0, 0.05) is 5.39 Å². The first kappa shape index (κ1) is 14.1. The smallest absolute Gasteiger partial charge is 0.507 e. The Kier molecular flexibility index (Phi) is 4.48. The number of hydrogen-bond acceptors (Lipinski definition) is 1. The van der Waals surface area contributed by atoms with Crippen LogP contribution in [0.15, 0.2) is 36.4 Å². The number of aromatic hydroxyl groups is 1. The minimum absolute atomic E-state index is 0. The molecule has 2 aromatic carbocycles. The van der Waals surface area contributed by atoms with Gasteiger partial charge in [0.1, 0.15) is 5.75 Å². The third kappa shape index (κ3) is 2.81. The molecule has 16 heavy (non-hydrogen) atoms. The van der Waals surface area contributed by atoms with E-state index in [4.69, 9.17) is 0 Å². The fraction of sp³-hybridized carbons (Fsp3) is 0. The van der Waals surface area contributed by atoms with E-state index in [2.05, 4.69) is 0 Å². The van der Waals surface area contributed by atoms with Crippen LogP contribution in [-0.4, -0.2) is 12.1 Å². The minimum Gasteiger partial charge on any atom is -0.507 e. The third-order valence-electron chi connectivity index (χ3n) is 2.26. The molecule has 78 valence electrons. The largest absolute Gasteiger partial charge is 1.00 e. The van der Waals surface area contributed by atoms with E-state index in [-0.39, 0.29) is 62.5 Å². The third-order valence-corrected chi connectivity index (χ3v) is 2.26. The van der Waals surface area contributed by atoms with Crippen LogP contribution >= 0.6 is 0 Å². The Morgan fingerprint density at radius 2 is 1.69 bits per heavy atom. The van der Waals surface area contributed by atoms with E-state index in [0.29, 0.717) is 5.39 Å². The molecule has 0 unspecified atom stereocenters. The molecular weight excluding hydrogens is 243 g/mol. The zero-order valence-electron chi connectivity index (χ0n) is 8.62. The monoisotopic (exact) mass is 250 g/mol. The van der Waals surface area contributed by atoms with Crippen molar-refractivity contribution in [2.75, 3.05) is 0 Å². The van der Waals surface area contributed by atoms with Gasteiger partial charge in [-0.05, 0) is 11.5 Å². The van der Waals surface area contributed by atoms with Gasteiger partial charge in [-0.25, -0.2) is 0 Å². The average Bonchev–Trinajstić information content (AvgIpc) is 2.16. The number of phenolic OH excluding ortho intramolecular Hbond substituents is 1. The molecule has 1 nitrogen and oxygen atoms in total. The molecule has 0 heterocycles. The molecular formula is C10H7BF3KO. The second kappa shape index (κ2) is 5.10. The summed E-state index contributed by atoms with van der Waals surface area (Å²) in [6.07, 6.45) is 0. The van der Waals surface area contributed by atoms with E-state index >= 15 is 0 Å². The predicted molar refractivity (Wildman–Crippen MR) is 54.3 cm³/mol. The number of fused-ring (bicyclic) bond motifs is 1. The summed E-state index contributed by atoms with van der Waals surface area (Å²) in [4.78, 5) is 0. The maximum absolute atomic E-state index is 12.4. The van der Waals surface area contributed by atoms with Crippen molar-refractivity contribution in [1.29, 1.82) is 0 Å². The fourth-order valence-electron chi connectivity index (χ4n) is 1.48. The standard InChI is InChI=1S/C10H7BF3O.K/c12-11(13,14)8-5-4-7-2-1-3-10(15)9(7)6-8;/h1-6,15H;/q-1;+1. The van der Waals surface area contributed by atoms with Gasteiger partial charge in [-0.1, -0.05) is 30.3 Å². The van der Waals surface area contributed by atoms with Crippen LogP contribution < -0.4 is 56.8 Å². The van der Waals surface area contributed by atoms with E-state index < -0.39 is 12.4 Å². The van der Waals surface area contributed by atoms with Crippen molar-refractivity contribution in [1.82, 2.24) is 0 Å². The Hall–Kier alpha value is -0.00870. The first-order valence-electron chi connectivity index (χ1n) is 4.40. The second-order valence-electron chi connectivity index (χ2n) is 3.33. The molecule has 0 spiro atoms. The molecule has 1 N–H and O–H groups in total. The van der Waals surface area contributed by atoms with E-state index in [1.165, 1.54) is 12.1 Å². The summed E-state index contributed by atoms with van der Waals surface area (Å²) in [5, 5.41) is 10.2. The van der Waals surface area contributed by atoms with Crippen molar-refractivity contribution in [2.24, 2.45) is 0 Å². The van der Waals surface area contributed by atoms with Gasteiger partial charge in [0.05, 0.1) is 0 Å². The Labute approximate surface area is 133 Å². The van der Waals surface area contributed by atoms with Crippen molar-refractivity contribution >= 4 is 23.2 Å². The van der Waals surface area contributed by atoms with Gasteiger partial charge in [-0.15, -0.1) is 5.46 Å². The fourth-order valence-corrected chi connectivity index (χ4v) is 1.48. The number of phenols is 1. The summed E-state index contributed by atoms with van der Waals surface area (Å²) in [7, 11) is 0. The van der Waals surface area contributed by atoms with E-state index in [1.54, 1.807) is 12.1 Å². The molecule has 0 bridgehead atoms. The van der Waals surface area contributed by atoms with Crippen molar-refractivity contribution in [3.8, 4) is 5.75 Å². The number of hydrogen-bond donors (Lipinski definition) is 1. The van der Waals surface area contributed by atoms with Crippen LogP contribution in [0.25, 0.3) is 10.8 Å². The number of rotatable bonds is 1. The van der Waals surface area contributed by atoms with E-state index in [0.717, 1.165) is 12.1 Å². The minimum atomic E-state index is -5.01. The molecule has 2 aromatic rings. The molecule has 0 aliphatic rings. The Morgan fingerprint density at radius 3 is 2.31 bits per heavy atom. The van der Waals surface area contributed by atoms with E-state index in [9.17, 15) is 18.1 Å². The van der Waals surface area contributed by atoms with Crippen molar-refractivity contribution in [3.63, 3.8) is 0 Å². The van der Waals surface area contributed by atoms with Gasteiger partial charge in [-0.2, -0.15) is 0 Å². The second-order valence-corrected chi connectivity index (χ2v) is 3.33. The normalized spacial score (nSPS) is 11.2. The summed E-state index contributed by atoms with van der Waals surface area (Å²) >= 11 is 0. The van der Waals surface area contributed by atoms with Gasteiger partial charge in [0.2, 0.25) is 0 Å². The summed E-state index contributed by atoms with van der Waals surface area (Å²) in [6, 6.07) is 7.99. The molecule has 6 heteroatoms. The van der Waals surface area contributed by atoms with Gasteiger partial charge in [0.15, 0.2) is 0 Å². The summed E-state index contributed by atoms with van der Waals surface area (Å²) < 4.78 is 37.3. The van der Waals surface area contributed by atoms with Crippen LogP contribution in [0.5, 0.6) is 5.75 Å². The summed E-state index contributed by atoms with van der Waals surface area (Å²) in [5.74, 6) is -0.130. The Balaban J connectivity index is 0.00000128. The van der Waals surface area contributed by atoms with Gasteiger partial charge < -0.3 is 18.1 Å². The Bertz CT molecular complexity index is 513. The molecule has 0 aliphatic carbocycles. The number of benzene rings is 2. The van der Waals surface area contributed by atoms with Crippen molar-refractivity contribution in [3.05, 3.63) is 36.4 Å². The maximum atomic E-state index is 12.4. The van der Waals surface area contributed by atoms with Crippen LogP contribution in [0.4, 0.5) is 12.9 Å². The SMILES string of the molecule is Oc1cccc2ccc([B-](F)(F)F)cc12.[K+]. The van der Waals surface area contributed by atoms with E-state index in [1.807, 2.05) is 0 Å². The molecule has 0 amide bonds. The summed E-state index contributed by atoms with van der Waals surface area (Å²) in [5.41, 5.74) is -0.691. The van der Waals surface area contributed by atoms with Gasteiger partial charge >= 0.3 is 58.4 Å². The number of halogens is 3. The van der Waals surface area contributed by atoms with Crippen LogP contribution in [0.1, 0.15) is 0 Å². The molecule has 0 fully saturated rings. The molecule has 0 radical (unpaired) electrons.